The number of fused-ring (bicyclic) bond motifs is 2. The summed E-state index contributed by atoms with van der Waals surface area (Å²) in [6.45, 7) is 2.39. The van der Waals surface area contributed by atoms with Gasteiger partial charge in [0.1, 0.15) is 0 Å². The summed E-state index contributed by atoms with van der Waals surface area (Å²) in [6.07, 6.45) is 7.10. The van der Waals surface area contributed by atoms with Crippen molar-refractivity contribution in [3.05, 3.63) is 18.5 Å². The van der Waals surface area contributed by atoms with E-state index < -0.39 is 0 Å². The first kappa shape index (κ1) is 10.4. The van der Waals surface area contributed by atoms with Gasteiger partial charge in [-0.25, -0.2) is 9.97 Å². The molecule has 86 valence electrons. The molecule has 4 rings (SSSR count). The van der Waals surface area contributed by atoms with Gasteiger partial charge in [-0.15, -0.1) is 0 Å². The van der Waals surface area contributed by atoms with Crippen molar-refractivity contribution in [2.24, 2.45) is 11.8 Å². The molecule has 1 N–H and O–H groups in total. The monoisotopic (exact) mass is 236 g/mol. The van der Waals surface area contributed by atoms with E-state index in [4.69, 9.17) is 0 Å². The van der Waals surface area contributed by atoms with E-state index in [9.17, 15) is 0 Å². The number of hydrogen-bond donors (Lipinski definition) is 1. The van der Waals surface area contributed by atoms with Gasteiger partial charge in [0.15, 0.2) is 0 Å². The van der Waals surface area contributed by atoms with Gasteiger partial charge in [-0.1, -0.05) is 11.9 Å². The minimum atomic E-state index is 0.589. The standard InChI is InChI=1S/C11H16N4S/c1-16-15-6-8-5-9(7-15)10(8)14-11-12-3-2-4-13-11/h2-4,8-10H,5-7H2,1H3,(H,12,13,14). The SMILES string of the molecule is CSN1CC2CC(C1)C2Nc1ncccn1. The van der Waals surface area contributed by atoms with E-state index in [0.29, 0.717) is 6.04 Å². The second kappa shape index (κ2) is 4.22. The smallest absolute Gasteiger partial charge is 0.222 e. The summed E-state index contributed by atoms with van der Waals surface area (Å²) in [5.41, 5.74) is 0. The van der Waals surface area contributed by atoms with E-state index in [1.807, 2.05) is 18.0 Å². The molecule has 4 nitrogen and oxygen atoms in total. The Morgan fingerprint density at radius 2 is 2.00 bits per heavy atom. The van der Waals surface area contributed by atoms with Gasteiger partial charge in [-0.3, -0.25) is 4.31 Å². The van der Waals surface area contributed by atoms with E-state index >= 15 is 0 Å². The average molecular weight is 236 g/mol. The maximum Gasteiger partial charge on any atom is 0.222 e. The van der Waals surface area contributed by atoms with Crippen molar-refractivity contribution in [2.75, 3.05) is 24.7 Å². The van der Waals surface area contributed by atoms with Gasteiger partial charge >= 0.3 is 0 Å². The molecule has 3 heterocycles. The molecule has 2 atom stereocenters. The van der Waals surface area contributed by atoms with Crippen LogP contribution in [0, 0.1) is 11.8 Å². The molecule has 3 fully saturated rings. The first-order valence-electron chi connectivity index (χ1n) is 5.69. The number of rotatable bonds is 3. The summed E-state index contributed by atoms with van der Waals surface area (Å²) in [4.78, 5) is 8.45. The van der Waals surface area contributed by atoms with Crippen LogP contribution in [0.25, 0.3) is 0 Å². The number of piperidine rings is 2. The van der Waals surface area contributed by atoms with Crippen molar-refractivity contribution < 1.29 is 0 Å². The molecule has 0 amide bonds. The molecule has 1 aromatic heterocycles. The van der Waals surface area contributed by atoms with Crippen molar-refractivity contribution in [1.82, 2.24) is 14.3 Å². The highest BCUT2D eigenvalue weighted by Gasteiger charge is 2.46. The molecular weight excluding hydrogens is 220 g/mol. The van der Waals surface area contributed by atoms with Crippen molar-refractivity contribution in [1.29, 1.82) is 0 Å². The van der Waals surface area contributed by atoms with E-state index in [1.165, 1.54) is 19.5 Å². The van der Waals surface area contributed by atoms with Gasteiger partial charge in [-0.2, -0.15) is 0 Å². The van der Waals surface area contributed by atoms with Crippen LogP contribution in [0.15, 0.2) is 18.5 Å². The average Bonchev–Trinajstić information content (AvgIpc) is 2.37. The maximum absolute atomic E-state index is 4.23. The normalized spacial score (nSPS) is 33.2. The Labute approximate surface area is 100.0 Å². The fourth-order valence-electron chi connectivity index (χ4n) is 2.75. The minimum absolute atomic E-state index is 0.589. The van der Waals surface area contributed by atoms with Crippen LogP contribution in [0.4, 0.5) is 5.95 Å². The lowest BCUT2D eigenvalue weighted by molar-refractivity contribution is 0.0625. The second-order valence-electron chi connectivity index (χ2n) is 4.53. The van der Waals surface area contributed by atoms with Crippen LogP contribution in [0.1, 0.15) is 6.42 Å². The van der Waals surface area contributed by atoms with Crippen molar-refractivity contribution in [2.45, 2.75) is 12.5 Å². The number of hydrogen-bond acceptors (Lipinski definition) is 5. The minimum Gasteiger partial charge on any atom is -0.351 e. The maximum atomic E-state index is 4.23. The Bertz CT molecular complexity index is 346. The third-order valence-corrected chi connectivity index (χ3v) is 4.43. The summed E-state index contributed by atoms with van der Waals surface area (Å²) < 4.78 is 2.46. The highest BCUT2D eigenvalue weighted by atomic mass is 32.2. The number of nitrogens with one attached hydrogen (secondary N) is 1. The highest BCUT2D eigenvalue weighted by molar-refractivity contribution is 7.96. The number of nitrogens with zero attached hydrogens (tertiary/aromatic N) is 3. The molecule has 0 aromatic carbocycles. The van der Waals surface area contributed by atoms with Gasteiger partial charge in [0.2, 0.25) is 5.95 Å². The largest absolute Gasteiger partial charge is 0.351 e. The second-order valence-corrected chi connectivity index (χ2v) is 5.41. The van der Waals surface area contributed by atoms with E-state index in [1.54, 1.807) is 12.4 Å². The fourth-order valence-corrected chi connectivity index (χ4v) is 3.43. The molecule has 1 aromatic rings. The zero-order chi connectivity index (χ0) is 11.0. The first-order chi connectivity index (χ1) is 7.86. The van der Waals surface area contributed by atoms with Crippen LogP contribution in [-0.4, -0.2) is 39.7 Å². The lowest BCUT2D eigenvalue weighted by Gasteiger charge is -2.53. The molecule has 1 saturated carbocycles. The molecule has 2 bridgehead atoms. The van der Waals surface area contributed by atoms with Crippen LogP contribution < -0.4 is 5.32 Å². The summed E-state index contributed by atoms with van der Waals surface area (Å²) in [7, 11) is 0. The molecular formula is C11H16N4S. The zero-order valence-electron chi connectivity index (χ0n) is 9.34. The molecule has 2 aliphatic heterocycles. The lowest BCUT2D eigenvalue weighted by atomic mass is 9.67. The van der Waals surface area contributed by atoms with Gasteiger partial charge in [0, 0.05) is 31.5 Å². The van der Waals surface area contributed by atoms with Gasteiger partial charge in [0.05, 0.1) is 0 Å². The quantitative estimate of drug-likeness (QED) is 0.805. The molecule has 1 aliphatic carbocycles. The van der Waals surface area contributed by atoms with Gasteiger partial charge < -0.3 is 5.32 Å². The molecule has 5 heteroatoms. The Kier molecular flexibility index (Phi) is 2.73. The predicted molar refractivity (Wildman–Crippen MR) is 66.1 cm³/mol. The summed E-state index contributed by atoms with van der Waals surface area (Å²) >= 11 is 1.86. The van der Waals surface area contributed by atoms with Gasteiger partial charge in [-0.05, 0) is 30.6 Å². The molecule has 2 saturated heterocycles. The first-order valence-corrected chi connectivity index (χ1v) is 6.87. The Hall–Kier alpha value is -0.810. The van der Waals surface area contributed by atoms with E-state index in [2.05, 4.69) is 25.8 Å². The van der Waals surface area contributed by atoms with Crippen LogP contribution in [-0.2, 0) is 0 Å². The predicted octanol–water partition coefficient (Wildman–Crippen LogP) is 1.49. The van der Waals surface area contributed by atoms with Crippen molar-refractivity contribution in [3.63, 3.8) is 0 Å². The zero-order valence-corrected chi connectivity index (χ0v) is 10.2. The van der Waals surface area contributed by atoms with Crippen LogP contribution in [0.2, 0.25) is 0 Å². The summed E-state index contributed by atoms with van der Waals surface area (Å²) in [5, 5.41) is 3.47. The fraction of sp³-hybridized carbons (Fsp3) is 0.636. The van der Waals surface area contributed by atoms with Crippen LogP contribution >= 0.6 is 11.9 Å². The van der Waals surface area contributed by atoms with Crippen LogP contribution in [0.3, 0.4) is 0 Å². The lowest BCUT2D eigenvalue weighted by Crippen LogP contribution is -2.59. The van der Waals surface area contributed by atoms with Gasteiger partial charge in [0.25, 0.3) is 0 Å². The highest BCUT2D eigenvalue weighted by Crippen LogP contribution is 2.42. The topological polar surface area (TPSA) is 41.0 Å². The Balaban J connectivity index is 1.63. The number of aromatic nitrogens is 2. The Morgan fingerprint density at radius 1 is 1.31 bits per heavy atom. The van der Waals surface area contributed by atoms with Crippen LogP contribution in [0.5, 0.6) is 0 Å². The van der Waals surface area contributed by atoms with Crippen molar-refractivity contribution >= 4 is 17.9 Å². The third kappa shape index (κ3) is 1.78. The molecule has 16 heavy (non-hydrogen) atoms. The summed E-state index contributed by atoms with van der Waals surface area (Å²) in [6, 6.07) is 2.44. The molecule has 2 unspecified atom stereocenters. The third-order valence-electron chi connectivity index (χ3n) is 3.62. The summed E-state index contributed by atoms with van der Waals surface area (Å²) in [5.74, 6) is 2.32. The molecule has 0 radical (unpaired) electrons. The Morgan fingerprint density at radius 3 is 2.62 bits per heavy atom. The molecule has 0 spiro atoms. The van der Waals surface area contributed by atoms with Crippen molar-refractivity contribution in [3.8, 4) is 0 Å². The van der Waals surface area contributed by atoms with E-state index in [0.717, 1.165) is 17.8 Å². The van der Waals surface area contributed by atoms with E-state index in [-0.39, 0.29) is 0 Å². The number of anilines is 1. The molecule has 3 aliphatic rings.